The lowest BCUT2D eigenvalue weighted by Gasteiger charge is -2.23. The molecule has 0 aliphatic carbocycles. The molecule has 0 bridgehead atoms. The van der Waals surface area contributed by atoms with Gasteiger partial charge in [0.05, 0.1) is 18.9 Å². The largest absolute Gasteiger partial charge is 0.492 e. The molecule has 4 aromatic rings. The van der Waals surface area contributed by atoms with E-state index in [2.05, 4.69) is 20.5 Å². The zero-order valence-corrected chi connectivity index (χ0v) is 18.6. The van der Waals surface area contributed by atoms with Gasteiger partial charge in [-0.25, -0.2) is 0 Å². The third-order valence-corrected chi connectivity index (χ3v) is 5.02. The van der Waals surface area contributed by atoms with Crippen LogP contribution in [0.5, 0.6) is 5.75 Å². The van der Waals surface area contributed by atoms with Gasteiger partial charge in [-0.1, -0.05) is 29.8 Å². The molecule has 0 radical (unpaired) electrons. The van der Waals surface area contributed by atoms with E-state index in [1.54, 1.807) is 52.7 Å². The number of carbonyl (C=O) groups is 1. The Hall–Kier alpha value is -3.91. The van der Waals surface area contributed by atoms with Crippen molar-refractivity contribution in [3.63, 3.8) is 0 Å². The number of hydrogen-bond acceptors (Lipinski definition) is 6. The second kappa shape index (κ2) is 11.1. The number of halogens is 1. The zero-order chi connectivity index (χ0) is 22.9. The van der Waals surface area contributed by atoms with Gasteiger partial charge in [0.2, 0.25) is 0 Å². The Morgan fingerprint density at radius 2 is 1.76 bits per heavy atom. The van der Waals surface area contributed by atoms with E-state index < -0.39 is 0 Å². The number of nitrogens with one attached hydrogen (secondary N) is 1. The van der Waals surface area contributed by atoms with Crippen molar-refractivity contribution in [3.05, 3.63) is 96.0 Å². The molecule has 2 aromatic heterocycles. The fourth-order valence-electron chi connectivity index (χ4n) is 3.26. The number of amides is 1. The quantitative estimate of drug-likeness (QED) is 0.356. The molecule has 2 aromatic carbocycles. The first-order chi connectivity index (χ1) is 16.2. The van der Waals surface area contributed by atoms with E-state index in [4.69, 9.17) is 16.3 Å². The van der Waals surface area contributed by atoms with Crippen LogP contribution >= 0.6 is 11.6 Å². The van der Waals surface area contributed by atoms with E-state index in [0.717, 1.165) is 11.4 Å². The molecule has 4 rings (SSSR count). The Morgan fingerprint density at radius 3 is 2.52 bits per heavy atom. The van der Waals surface area contributed by atoms with Crippen molar-refractivity contribution in [3.8, 4) is 5.75 Å². The molecule has 0 aliphatic rings. The summed E-state index contributed by atoms with van der Waals surface area (Å²) in [5, 5.41) is 11.9. The number of pyridine rings is 1. The Bertz CT molecular complexity index is 1160. The van der Waals surface area contributed by atoms with Gasteiger partial charge < -0.3 is 15.0 Å². The van der Waals surface area contributed by atoms with Crippen LogP contribution in [0.1, 0.15) is 10.4 Å². The van der Waals surface area contributed by atoms with Crippen LogP contribution in [0.4, 0.5) is 11.4 Å². The van der Waals surface area contributed by atoms with E-state index >= 15 is 0 Å². The number of nitrogens with zero attached hydrogens (tertiary/aromatic N) is 5. The molecule has 8 nitrogen and oxygen atoms in total. The number of ether oxygens (including phenoxy) is 1. The van der Waals surface area contributed by atoms with Gasteiger partial charge in [-0.05, 0) is 42.5 Å². The predicted molar refractivity (Wildman–Crippen MR) is 128 cm³/mol. The van der Waals surface area contributed by atoms with E-state index in [-0.39, 0.29) is 5.91 Å². The summed E-state index contributed by atoms with van der Waals surface area (Å²) in [6.07, 6.45) is 6.66. The Kier molecular flexibility index (Phi) is 7.50. The number of aromatic nitrogens is 4. The minimum absolute atomic E-state index is 0.185. The molecule has 0 aliphatic heterocycles. The molecule has 9 heteroatoms. The molecule has 168 valence electrons. The second-order valence-electron chi connectivity index (χ2n) is 7.10. The number of carbonyl (C=O) groups excluding carboxylic acids is 1. The summed E-state index contributed by atoms with van der Waals surface area (Å²) >= 11 is 6.31. The second-order valence-corrected chi connectivity index (χ2v) is 7.54. The normalized spacial score (nSPS) is 10.6. The average Bonchev–Trinajstić information content (AvgIpc) is 3.37. The number of hydrogen-bond donors (Lipinski definition) is 1. The summed E-state index contributed by atoms with van der Waals surface area (Å²) in [4.78, 5) is 20.7. The highest BCUT2D eigenvalue weighted by Crippen LogP contribution is 2.24. The van der Waals surface area contributed by atoms with E-state index in [9.17, 15) is 4.79 Å². The lowest BCUT2D eigenvalue weighted by Crippen LogP contribution is -2.34. The third kappa shape index (κ3) is 6.30. The monoisotopic (exact) mass is 462 g/mol. The molecular weight excluding hydrogens is 440 g/mol. The van der Waals surface area contributed by atoms with Crippen molar-refractivity contribution in [2.45, 2.75) is 6.54 Å². The van der Waals surface area contributed by atoms with Gasteiger partial charge in [-0.15, -0.1) is 0 Å². The molecule has 0 unspecified atom stereocenters. The SMILES string of the molecule is O=C(c1cc(Cl)cc(OCCNc2ccncc2)c1)N(CCn1nccn1)c1ccccc1. The fourth-order valence-corrected chi connectivity index (χ4v) is 3.49. The zero-order valence-electron chi connectivity index (χ0n) is 17.8. The Labute approximate surface area is 196 Å². The summed E-state index contributed by atoms with van der Waals surface area (Å²) < 4.78 is 5.85. The molecule has 2 heterocycles. The number of anilines is 2. The first-order valence-electron chi connectivity index (χ1n) is 10.5. The maximum absolute atomic E-state index is 13.5. The standard InChI is InChI=1S/C24H23ClN6O2/c25-20-16-19(17-23(18-20)33-15-12-27-21-6-8-26-9-7-21)24(32)30(22-4-2-1-3-5-22)13-14-31-28-10-11-29-31/h1-11,16-18H,12-15H2,(H,26,27). The number of para-hydroxylation sites is 1. The average molecular weight is 463 g/mol. The molecule has 1 N–H and O–H groups in total. The van der Waals surface area contributed by atoms with E-state index in [1.165, 1.54) is 0 Å². The van der Waals surface area contributed by atoms with Crippen molar-refractivity contribution in [2.24, 2.45) is 0 Å². The van der Waals surface area contributed by atoms with Crippen molar-refractivity contribution < 1.29 is 9.53 Å². The minimum Gasteiger partial charge on any atom is -0.492 e. The van der Waals surface area contributed by atoms with Crippen LogP contribution < -0.4 is 15.0 Å². The van der Waals surface area contributed by atoms with Crippen molar-refractivity contribution >= 4 is 28.9 Å². The molecule has 0 fully saturated rings. The van der Waals surface area contributed by atoms with Crippen LogP contribution in [0, 0.1) is 0 Å². The van der Waals surface area contributed by atoms with Gasteiger partial charge >= 0.3 is 0 Å². The topological polar surface area (TPSA) is 85.2 Å². The van der Waals surface area contributed by atoms with E-state index in [1.807, 2.05) is 42.5 Å². The van der Waals surface area contributed by atoms with Gasteiger partial charge in [-0.3, -0.25) is 9.78 Å². The first kappa shape index (κ1) is 22.3. The molecule has 1 amide bonds. The van der Waals surface area contributed by atoms with E-state index in [0.29, 0.717) is 42.6 Å². The Balaban J connectivity index is 1.45. The minimum atomic E-state index is -0.185. The highest BCUT2D eigenvalue weighted by Gasteiger charge is 2.19. The van der Waals surface area contributed by atoms with Crippen LogP contribution in [0.25, 0.3) is 0 Å². The predicted octanol–water partition coefficient (Wildman–Crippen LogP) is 4.16. The summed E-state index contributed by atoms with van der Waals surface area (Å²) in [5.74, 6) is 0.347. The molecule has 33 heavy (non-hydrogen) atoms. The molecule has 0 spiro atoms. The molecule has 0 saturated heterocycles. The number of rotatable bonds is 10. The van der Waals surface area contributed by atoms with Gasteiger partial charge in [0, 0.05) is 47.4 Å². The van der Waals surface area contributed by atoms with Crippen molar-refractivity contribution in [2.75, 3.05) is 29.9 Å². The lowest BCUT2D eigenvalue weighted by molar-refractivity contribution is 0.0985. The van der Waals surface area contributed by atoms with Crippen molar-refractivity contribution in [1.29, 1.82) is 0 Å². The fraction of sp³-hybridized carbons (Fsp3) is 0.167. The van der Waals surface area contributed by atoms with Gasteiger partial charge in [0.1, 0.15) is 12.4 Å². The third-order valence-electron chi connectivity index (χ3n) is 4.80. The summed E-state index contributed by atoms with van der Waals surface area (Å²) in [6.45, 7) is 1.85. The smallest absolute Gasteiger partial charge is 0.258 e. The molecule has 0 atom stereocenters. The summed E-state index contributed by atoms with van der Waals surface area (Å²) in [6, 6.07) is 18.3. The van der Waals surface area contributed by atoms with Crippen LogP contribution in [-0.4, -0.2) is 45.6 Å². The van der Waals surface area contributed by atoms with Crippen LogP contribution in [0.3, 0.4) is 0 Å². The van der Waals surface area contributed by atoms with Gasteiger partial charge in [0.25, 0.3) is 5.91 Å². The lowest BCUT2D eigenvalue weighted by atomic mass is 10.1. The maximum Gasteiger partial charge on any atom is 0.258 e. The highest BCUT2D eigenvalue weighted by atomic mass is 35.5. The van der Waals surface area contributed by atoms with Crippen molar-refractivity contribution in [1.82, 2.24) is 20.0 Å². The van der Waals surface area contributed by atoms with Gasteiger partial charge in [0.15, 0.2) is 0 Å². The van der Waals surface area contributed by atoms with Crippen LogP contribution in [0.2, 0.25) is 5.02 Å². The van der Waals surface area contributed by atoms with Crippen LogP contribution in [-0.2, 0) is 6.54 Å². The van der Waals surface area contributed by atoms with Gasteiger partial charge in [-0.2, -0.15) is 15.0 Å². The maximum atomic E-state index is 13.5. The molecule has 0 saturated carbocycles. The Morgan fingerprint density at radius 1 is 1.00 bits per heavy atom. The summed E-state index contributed by atoms with van der Waals surface area (Å²) in [7, 11) is 0. The summed E-state index contributed by atoms with van der Waals surface area (Å²) in [5.41, 5.74) is 2.18. The van der Waals surface area contributed by atoms with Crippen LogP contribution in [0.15, 0.2) is 85.5 Å². The highest BCUT2D eigenvalue weighted by molar-refractivity contribution is 6.31. The number of benzene rings is 2. The first-order valence-corrected chi connectivity index (χ1v) is 10.8. The molecular formula is C24H23ClN6O2.